The second-order valence-electron chi connectivity index (χ2n) is 6.85. The van der Waals surface area contributed by atoms with E-state index in [1.807, 2.05) is 12.1 Å². The SMILES string of the molecule is Fc1cccc(-c2ccc(OCCCCCCCCCCCBr)cc2)c1F. The van der Waals surface area contributed by atoms with Gasteiger partial charge in [0.2, 0.25) is 0 Å². The van der Waals surface area contributed by atoms with E-state index in [-0.39, 0.29) is 5.56 Å². The van der Waals surface area contributed by atoms with Gasteiger partial charge in [-0.3, -0.25) is 0 Å². The summed E-state index contributed by atoms with van der Waals surface area (Å²) in [6.07, 6.45) is 11.5. The molecule has 2 aromatic rings. The van der Waals surface area contributed by atoms with Crippen LogP contribution >= 0.6 is 15.9 Å². The number of halogens is 3. The number of benzene rings is 2. The highest BCUT2D eigenvalue weighted by Crippen LogP contribution is 2.26. The first-order valence-corrected chi connectivity index (χ1v) is 11.1. The largest absolute Gasteiger partial charge is 0.494 e. The standard InChI is InChI=1S/C23H29BrF2O/c24-17-8-6-4-2-1-3-5-7-9-18-27-20-15-13-19(14-16-20)21-11-10-12-22(25)23(21)26/h10-16H,1-9,17-18H2. The second kappa shape index (κ2) is 12.9. The quantitative estimate of drug-likeness (QED) is 0.228. The summed E-state index contributed by atoms with van der Waals surface area (Å²) in [5.74, 6) is -0.872. The zero-order chi connectivity index (χ0) is 19.3. The highest BCUT2D eigenvalue weighted by atomic mass is 79.9. The fraction of sp³-hybridized carbons (Fsp3) is 0.478. The lowest BCUT2D eigenvalue weighted by Gasteiger charge is -2.08. The molecule has 0 bridgehead atoms. The number of rotatable bonds is 13. The molecule has 0 saturated heterocycles. The molecule has 0 aliphatic rings. The van der Waals surface area contributed by atoms with Crippen molar-refractivity contribution in [3.05, 3.63) is 54.1 Å². The van der Waals surface area contributed by atoms with Crippen LogP contribution in [-0.2, 0) is 0 Å². The molecule has 0 heterocycles. The van der Waals surface area contributed by atoms with Crippen LogP contribution in [0.15, 0.2) is 42.5 Å². The van der Waals surface area contributed by atoms with E-state index in [1.165, 1.54) is 57.4 Å². The number of alkyl halides is 1. The van der Waals surface area contributed by atoms with Crippen LogP contribution in [-0.4, -0.2) is 11.9 Å². The van der Waals surface area contributed by atoms with Crippen molar-refractivity contribution in [2.75, 3.05) is 11.9 Å². The second-order valence-corrected chi connectivity index (χ2v) is 7.64. The van der Waals surface area contributed by atoms with Gasteiger partial charge in [-0.15, -0.1) is 0 Å². The summed E-state index contributed by atoms with van der Waals surface area (Å²) < 4.78 is 32.9. The van der Waals surface area contributed by atoms with Crippen molar-refractivity contribution in [1.29, 1.82) is 0 Å². The lowest BCUT2D eigenvalue weighted by Crippen LogP contribution is -1.97. The molecule has 148 valence electrons. The highest BCUT2D eigenvalue weighted by molar-refractivity contribution is 9.09. The van der Waals surface area contributed by atoms with Crippen molar-refractivity contribution in [3.63, 3.8) is 0 Å². The Bertz CT molecular complexity index is 658. The molecular weight excluding hydrogens is 410 g/mol. The van der Waals surface area contributed by atoms with Gasteiger partial charge in [0.15, 0.2) is 11.6 Å². The van der Waals surface area contributed by atoms with E-state index in [0.717, 1.165) is 23.6 Å². The van der Waals surface area contributed by atoms with Gasteiger partial charge in [0.25, 0.3) is 0 Å². The zero-order valence-corrected chi connectivity index (χ0v) is 17.4. The summed E-state index contributed by atoms with van der Waals surface area (Å²) in [4.78, 5) is 0. The van der Waals surface area contributed by atoms with Crippen LogP contribution in [0.5, 0.6) is 5.75 Å². The molecule has 0 radical (unpaired) electrons. The van der Waals surface area contributed by atoms with Gasteiger partial charge in [-0.2, -0.15) is 0 Å². The number of hydrogen-bond acceptors (Lipinski definition) is 1. The first kappa shape index (κ1) is 21.9. The first-order chi connectivity index (χ1) is 13.2. The van der Waals surface area contributed by atoms with Crippen molar-refractivity contribution in [3.8, 4) is 16.9 Å². The molecule has 0 amide bonds. The van der Waals surface area contributed by atoms with Gasteiger partial charge in [0.1, 0.15) is 5.75 Å². The Labute approximate surface area is 170 Å². The Morgan fingerprint density at radius 3 is 1.93 bits per heavy atom. The van der Waals surface area contributed by atoms with Crippen molar-refractivity contribution in [2.24, 2.45) is 0 Å². The summed E-state index contributed by atoms with van der Waals surface area (Å²) in [5, 5.41) is 1.12. The third kappa shape index (κ3) is 8.00. The van der Waals surface area contributed by atoms with E-state index in [4.69, 9.17) is 4.74 Å². The van der Waals surface area contributed by atoms with Gasteiger partial charge in [0.05, 0.1) is 6.61 Å². The predicted molar refractivity (Wildman–Crippen MR) is 113 cm³/mol. The van der Waals surface area contributed by atoms with E-state index < -0.39 is 11.6 Å². The minimum atomic E-state index is -0.827. The van der Waals surface area contributed by atoms with Crippen molar-refractivity contribution in [2.45, 2.75) is 57.8 Å². The number of unbranched alkanes of at least 4 members (excludes halogenated alkanes) is 8. The molecule has 2 aromatic carbocycles. The van der Waals surface area contributed by atoms with Crippen LogP contribution in [0.1, 0.15) is 57.8 Å². The van der Waals surface area contributed by atoms with E-state index in [1.54, 1.807) is 18.2 Å². The molecule has 0 atom stereocenters. The summed E-state index contributed by atoms with van der Waals surface area (Å²) in [6.45, 7) is 0.693. The van der Waals surface area contributed by atoms with Gasteiger partial charge in [-0.25, -0.2) is 8.78 Å². The van der Waals surface area contributed by atoms with Crippen LogP contribution < -0.4 is 4.74 Å². The predicted octanol–water partition coefficient (Wildman–Crippen LogP) is 7.92. The Morgan fingerprint density at radius 2 is 1.30 bits per heavy atom. The molecule has 0 fully saturated rings. The van der Waals surface area contributed by atoms with Gasteiger partial charge in [0, 0.05) is 10.9 Å². The van der Waals surface area contributed by atoms with Crippen LogP contribution in [0.3, 0.4) is 0 Å². The molecule has 0 aliphatic carbocycles. The Hall–Kier alpha value is -1.42. The molecule has 2 rings (SSSR count). The van der Waals surface area contributed by atoms with Crippen LogP contribution in [0.4, 0.5) is 8.78 Å². The van der Waals surface area contributed by atoms with Gasteiger partial charge < -0.3 is 4.74 Å². The van der Waals surface area contributed by atoms with E-state index in [0.29, 0.717) is 12.2 Å². The zero-order valence-electron chi connectivity index (χ0n) is 15.9. The fourth-order valence-electron chi connectivity index (χ4n) is 3.08. The summed E-state index contributed by atoms with van der Waals surface area (Å²) in [7, 11) is 0. The first-order valence-electron chi connectivity index (χ1n) is 9.95. The minimum Gasteiger partial charge on any atom is -0.494 e. The van der Waals surface area contributed by atoms with Gasteiger partial charge in [-0.05, 0) is 36.6 Å². The van der Waals surface area contributed by atoms with Gasteiger partial charge >= 0.3 is 0 Å². The maximum absolute atomic E-state index is 13.8. The summed E-state index contributed by atoms with van der Waals surface area (Å²) in [6, 6.07) is 11.4. The van der Waals surface area contributed by atoms with E-state index in [2.05, 4.69) is 15.9 Å². The normalized spacial score (nSPS) is 10.9. The molecule has 27 heavy (non-hydrogen) atoms. The molecule has 0 N–H and O–H groups in total. The molecule has 0 spiro atoms. The molecule has 4 heteroatoms. The maximum Gasteiger partial charge on any atom is 0.166 e. The Balaban J connectivity index is 1.60. The monoisotopic (exact) mass is 438 g/mol. The molecule has 0 unspecified atom stereocenters. The fourth-order valence-corrected chi connectivity index (χ4v) is 3.48. The lowest BCUT2D eigenvalue weighted by atomic mass is 10.0. The molecule has 0 saturated carbocycles. The van der Waals surface area contributed by atoms with Crippen LogP contribution in [0, 0.1) is 11.6 Å². The molecule has 0 aromatic heterocycles. The number of hydrogen-bond donors (Lipinski definition) is 0. The van der Waals surface area contributed by atoms with Crippen molar-refractivity contribution in [1.82, 2.24) is 0 Å². The Morgan fingerprint density at radius 1 is 0.704 bits per heavy atom. The average molecular weight is 439 g/mol. The third-order valence-corrected chi connectivity index (χ3v) is 5.22. The van der Waals surface area contributed by atoms with Crippen molar-refractivity contribution >= 4 is 15.9 Å². The van der Waals surface area contributed by atoms with Crippen LogP contribution in [0.2, 0.25) is 0 Å². The minimum absolute atomic E-state index is 0.272. The lowest BCUT2D eigenvalue weighted by molar-refractivity contribution is 0.304. The topological polar surface area (TPSA) is 9.23 Å². The summed E-state index contributed by atoms with van der Waals surface area (Å²) in [5.41, 5.74) is 0.921. The van der Waals surface area contributed by atoms with Gasteiger partial charge in [-0.1, -0.05) is 85.1 Å². The number of ether oxygens (including phenoxy) is 1. The maximum atomic E-state index is 13.8. The Kier molecular flexibility index (Phi) is 10.4. The third-order valence-electron chi connectivity index (χ3n) is 4.66. The average Bonchev–Trinajstić information content (AvgIpc) is 2.69. The smallest absolute Gasteiger partial charge is 0.166 e. The van der Waals surface area contributed by atoms with E-state index >= 15 is 0 Å². The highest BCUT2D eigenvalue weighted by Gasteiger charge is 2.09. The molecule has 1 nitrogen and oxygen atoms in total. The van der Waals surface area contributed by atoms with Crippen molar-refractivity contribution < 1.29 is 13.5 Å². The molecular formula is C23H29BrF2O. The summed E-state index contributed by atoms with van der Waals surface area (Å²) >= 11 is 3.46. The van der Waals surface area contributed by atoms with E-state index in [9.17, 15) is 8.78 Å². The molecule has 0 aliphatic heterocycles. The van der Waals surface area contributed by atoms with Crippen LogP contribution in [0.25, 0.3) is 11.1 Å².